The van der Waals surface area contributed by atoms with Crippen LogP contribution in [0, 0.1) is 11.8 Å². The summed E-state index contributed by atoms with van der Waals surface area (Å²) in [5.41, 5.74) is 5.67. The molecule has 1 aliphatic carbocycles. The minimum atomic E-state index is -0.860. The van der Waals surface area contributed by atoms with E-state index in [2.05, 4.69) is 5.32 Å². The van der Waals surface area contributed by atoms with Gasteiger partial charge in [-0.05, 0) is 31.6 Å². The first kappa shape index (κ1) is 13.5. The highest BCUT2D eigenvalue weighted by Crippen LogP contribution is 2.38. The van der Waals surface area contributed by atoms with Gasteiger partial charge in [-0.3, -0.25) is 14.9 Å². The summed E-state index contributed by atoms with van der Waals surface area (Å²) >= 11 is 0. The van der Waals surface area contributed by atoms with Crippen molar-refractivity contribution in [1.82, 2.24) is 5.32 Å². The van der Waals surface area contributed by atoms with Crippen LogP contribution in [0.25, 0.3) is 0 Å². The van der Waals surface area contributed by atoms with Crippen LogP contribution in [-0.4, -0.2) is 35.0 Å². The zero-order valence-corrected chi connectivity index (χ0v) is 10.8. The van der Waals surface area contributed by atoms with Gasteiger partial charge in [-0.1, -0.05) is 19.3 Å². The lowest BCUT2D eigenvalue weighted by Crippen LogP contribution is -2.60. The molecule has 18 heavy (non-hydrogen) atoms. The van der Waals surface area contributed by atoms with E-state index in [0.29, 0.717) is 12.3 Å². The molecule has 0 spiro atoms. The third-order valence-corrected chi connectivity index (χ3v) is 4.37. The number of carboxylic acid groups (broad SMARTS) is 1. The first-order valence-corrected chi connectivity index (χ1v) is 6.79. The SMILES string of the molecule is CC(N)C(=O)C1NC(C(=O)O)CC2CCCCC21. The third kappa shape index (κ3) is 2.57. The number of Topliss-reactive ketones (excluding diaryl/α,β-unsaturated/α-hetero) is 1. The van der Waals surface area contributed by atoms with Gasteiger partial charge in [0, 0.05) is 0 Å². The molecule has 0 aromatic carbocycles. The molecule has 0 aromatic rings. The van der Waals surface area contributed by atoms with Gasteiger partial charge in [-0.25, -0.2) is 0 Å². The summed E-state index contributed by atoms with van der Waals surface area (Å²) in [6.45, 7) is 1.67. The van der Waals surface area contributed by atoms with Gasteiger partial charge in [-0.15, -0.1) is 0 Å². The van der Waals surface area contributed by atoms with Crippen LogP contribution >= 0.6 is 0 Å². The van der Waals surface area contributed by atoms with Crippen molar-refractivity contribution < 1.29 is 14.7 Å². The van der Waals surface area contributed by atoms with Gasteiger partial charge in [0.05, 0.1) is 12.1 Å². The first-order chi connectivity index (χ1) is 8.50. The Labute approximate surface area is 107 Å². The first-order valence-electron chi connectivity index (χ1n) is 6.79. The highest BCUT2D eigenvalue weighted by Gasteiger charge is 2.44. The Kier molecular flexibility index (Phi) is 4.02. The fourth-order valence-electron chi connectivity index (χ4n) is 3.43. The van der Waals surface area contributed by atoms with Crippen LogP contribution < -0.4 is 11.1 Å². The molecule has 1 saturated heterocycles. The Morgan fingerprint density at radius 2 is 2.00 bits per heavy atom. The van der Waals surface area contributed by atoms with E-state index in [-0.39, 0.29) is 17.7 Å². The average molecular weight is 254 g/mol. The molecule has 102 valence electrons. The van der Waals surface area contributed by atoms with Crippen molar-refractivity contribution >= 4 is 11.8 Å². The minimum absolute atomic E-state index is 0.0437. The van der Waals surface area contributed by atoms with Crippen LogP contribution in [0.3, 0.4) is 0 Å². The molecule has 5 nitrogen and oxygen atoms in total. The number of carbonyl (C=O) groups excluding carboxylic acids is 1. The minimum Gasteiger partial charge on any atom is -0.480 e. The summed E-state index contributed by atoms with van der Waals surface area (Å²) in [6, 6.07) is -1.50. The summed E-state index contributed by atoms with van der Waals surface area (Å²) in [4.78, 5) is 23.3. The fourth-order valence-corrected chi connectivity index (χ4v) is 3.43. The molecule has 1 heterocycles. The molecule has 1 saturated carbocycles. The molecule has 5 unspecified atom stereocenters. The Bertz CT molecular complexity index is 343. The van der Waals surface area contributed by atoms with Crippen molar-refractivity contribution in [2.45, 2.75) is 57.2 Å². The molecule has 0 bridgehead atoms. The van der Waals surface area contributed by atoms with Gasteiger partial charge < -0.3 is 10.8 Å². The molecule has 0 radical (unpaired) electrons. The maximum absolute atomic E-state index is 12.1. The van der Waals surface area contributed by atoms with E-state index >= 15 is 0 Å². The van der Waals surface area contributed by atoms with Crippen LogP contribution in [-0.2, 0) is 9.59 Å². The van der Waals surface area contributed by atoms with E-state index in [9.17, 15) is 9.59 Å². The third-order valence-electron chi connectivity index (χ3n) is 4.37. The standard InChI is InChI=1S/C13H22N2O3/c1-7(14)12(16)11-9-5-3-2-4-8(9)6-10(15-11)13(17)18/h7-11,15H,2-6,14H2,1H3,(H,17,18). The summed E-state index contributed by atoms with van der Waals surface area (Å²) in [5.74, 6) is -0.277. The van der Waals surface area contributed by atoms with Gasteiger partial charge in [0.15, 0.2) is 5.78 Å². The number of aliphatic carboxylic acids is 1. The van der Waals surface area contributed by atoms with Crippen molar-refractivity contribution in [3.63, 3.8) is 0 Å². The van der Waals surface area contributed by atoms with E-state index in [1.54, 1.807) is 6.92 Å². The van der Waals surface area contributed by atoms with Crippen LogP contribution in [0.2, 0.25) is 0 Å². The van der Waals surface area contributed by atoms with Crippen molar-refractivity contribution in [2.75, 3.05) is 0 Å². The van der Waals surface area contributed by atoms with Crippen molar-refractivity contribution in [2.24, 2.45) is 17.6 Å². The van der Waals surface area contributed by atoms with Gasteiger partial charge in [-0.2, -0.15) is 0 Å². The maximum Gasteiger partial charge on any atom is 0.320 e. The summed E-state index contributed by atoms with van der Waals surface area (Å²) in [7, 11) is 0. The molecular weight excluding hydrogens is 232 g/mol. The fraction of sp³-hybridized carbons (Fsp3) is 0.846. The second-order valence-electron chi connectivity index (χ2n) is 5.67. The molecule has 4 N–H and O–H groups in total. The lowest BCUT2D eigenvalue weighted by molar-refractivity contribution is -0.142. The van der Waals surface area contributed by atoms with Crippen molar-refractivity contribution in [3.05, 3.63) is 0 Å². The van der Waals surface area contributed by atoms with Gasteiger partial charge >= 0.3 is 5.97 Å². The Balaban J connectivity index is 2.17. The van der Waals surface area contributed by atoms with E-state index in [1.807, 2.05) is 0 Å². The predicted molar refractivity (Wildman–Crippen MR) is 67.1 cm³/mol. The topological polar surface area (TPSA) is 92.4 Å². The number of rotatable bonds is 3. The second kappa shape index (κ2) is 5.36. The molecule has 0 aromatic heterocycles. The summed E-state index contributed by atoms with van der Waals surface area (Å²) in [5, 5.41) is 12.2. The lowest BCUT2D eigenvalue weighted by atomic mass is 9.68. The largest absolute Gasteiger partial charge is 0.480 e. The zero-order valence-electron chi connectivity index (χ0n) is 10.8. The van der Waals surface area contributed by atoms with E-state index in [0.717, 1.165) is 25.7 Å². The predicted octanol–water partition coefficient (Wildman–Crippen LogP) is 0.524. The van der Waals surface area contributed by atoms with Crippen LogP contribution in [0.1, 0.15) is 39.0 Å². The summed E-state index contributed by atoms with van der Waals surface area (Å²) in [6.07, 6.45) is 4.96. The van der Waals surface area contributed by atoms with Crippen LogP contribution in [0.5, 0.6) is 0 Å². The van der Waals surface area contributed by atoms with Crippen LogP contribution in [0.4, 0.5) is 0 Å². The highest BCUT2D eigenvalue weighted by molar-refractivity contribution is 5.89. The van der Waals surface area contributed by atoms with E-state index < -0.39 is 18.1 Å². The Morgan fingerprint density at radius 3 is 2.61 bits per heavy atom. The van der Waals surface area contributed by atoms with Gasteiger partial charge in [0.2, 0.25) is 0 Å². The molecule has 1 aliphatic heterocycles. The number of hydrogen-bond acceptors (Lipinski definition) is 4. The lowest BCUT2D eigenvalue weighted by Gasteiger charge is -2.44. The highest BCUT2D eigenvalue weighted by atomic mass is 16.4. The molecule has 2 aliphatic rings. The van der Waals surface area contributed by atoms with E-state index in [4.69, 9.17) is 10.8 Å². The molecule has 5 heteroatoms. The Morgan fingerprint density at radius 1 is 1.33 bits per heavy atom. The molecule has 2 fully saturated rings. The van der Waals surface area contributed by atoms with Crippen LogP contribution in [0.15, 0.2) is 0 Å². The van der Waals surface area contributed by atoms with E-state index in [1.165, 1.54) is 0 Å². The van der Waals surface area contributed by atoms with Crippen molar-refractivity contribution in [1.29, 1.82) is 0 Å². The summed E-state index contributed by atoms with van der Waals surface area (Å²) < 4.78 is 0. The number of ketones is 1. The average Bonchev–Trinajstić information content (AvgIpc) is 2.36. The maximum atomic E-state index is 12.1. The molecule has 2 rings (SSSR count). The number of nitrogens with two attached hydrogens (primary N) is 1. The molecular formula is C13H22N2O3. The number of carboxylic acids is 1. The normalized spacial score (nSPS) is 37.7. The van der Waals surface area contributed by atoms with Crippen molar-refractivity contribution in [3.8, 4) is 0 Å². The van der Waals surface area contributed by atoms with Gasteiger partial charge in [0.1, 0.15) is 6.04 Å². The monoisotopic (exact) mass is 254 g/mol. The Hall–Kier alpha value is -0.940. The quantitative estimate of drug-likeness (QED) is 0.683. The number of piperidine rings is 1. The van der Waals surface area contributed by atoms with Gasteiger partial charge in [0.25, 0.3) is 0 Å². The second-order valence-corrected chi connectivity index (χ2v) is 5.67. The molecule has 0 amide bonds. The number of nitrogens with one attached hydrogen (secondary N) is 1. The number of carbonyl (C=O) groups is 2. The number of fused-ring (bicyclic) bond motifs is 1. The molecule has 5 atom stereocenters. The smallest absolute Gasteiger partial charge is 0.320 e. The number of hydrogen-bond donors (Lipinski definition) is 3. The zero-order chi connectivity index (χ0) is 13.3.